The van der Waals surface area contributed by atoms with Gasteiger partial charge in [-0.3, -0.25) is 14.4 Å². The van der Waals surface area contributed by atoms with Gasteiger partial charge in [-0.1, -0.05) is 24.3 Å². The Bertz CT molecular complexity index is 1280. The maximum absolute atomic E-state index is 12.9. The average molecular weight is 463 g/mol. The molecule has 4 rings (SSSR count). The van der Waals surface area contributed by atoms with Crippen molar-refractivity contribution in [2.75, 3.05) is 25.0 Å². The number of piperidine rings is 1. The fourth-order valence-corrected chi connectivity index (χ4v) is 4.14. The van der Waals surface area contributed by atoms with Gasteiger partial charge in [0.25, 0.3) is 5.56 Å². The summed E-state index contributed by atoms with van der Waals surface area (Å²) >= 11 is 0. The van der Waals surface area contributed by atoms with Crippen molar-refractivity contribution in [3.8, 4) is 0 Å². The first kappa shape index (κ1) is 23.2. The van der Waals surface area contributed by atoms with Crippen LogP contribution in [0, 0.1) is 5.92 Å². The second kappa shape index (κ2) is 10.3. The van der Waals surface area contributed by atoms with Crippen LogP contribution in [0.4, 0.5) is 5.69 Å². The average Bonchev–Trinajstić information content (AvgIpc) is 2.86. The Morgan fingerprint density at radius 3 is 2.56 bits per heavy atom. The van der Waals surface area contributed by atoms with Gasteiger partial charge in [-0.2, -0.15) is 5.10 Å². The number of fused-ring (bicyclic) bond motifs is 1. The summed E-state index contributed by atoms with van der Waals surface area (Å²) in [5, 5.41) is 10.6. The highest BCUT2D eigenvalue weighted by atomic mass is 16.5. The second-order valence-electron chi connectivity index (χ2n) is 8.17. The van der Waals surface area contributed by atoms with E-state index in [-0.39, 0.29) is 36.3 Å². The van der Waals surface area contributed by atoms with Crippen LogP contribution < -0.4 is 10.9 Å². The lowest BCUT2D eigenvalue weighted by Crippen LogP contribution is -2.42. The van der Waals surface area contributed by atoms with Gasteiger partial charge in [-0.25, -0.2) is 9.89 Å². The summed E-state index contributed by atoms with van der Waals surface area (Å²) in [5.41, 5.74) is 1.15. The van der Waals surface area contributed by atoms with Gasteiger partial charge in [-0.15, -0.1) is 0 Å². The summed E-state index contributed by atoms with van der Waals surface area (Å²) < 4.78 is 5.00. The van der Waals surface area contributed by atoms with Gasteiger partial charge in [0.05, 0.1) is 29.7 Å². The molecule has 176 valence electrons. The third-order valence-corrected chi connectivity index (χ3v) is 5.95. The zero-order valence-electron chi connectivity index (χ0n) is 18.9. The van der Waals surface area contributed by atoms with E-state index >= 15 is 0 Å². The number of benzene rings is 2. The number of H-pyrrole nitrogens is 1. The molecule has 0 radical (unpaired) electrons. The number of anilines is 1. The van der Waals surface area contributed by atoms with E-state index in [1.807, 2.05) is 6.07 Å². The second-order valence-corrected chi connectivity index (χ2v) is 8.17. The molecule has 2 aromatic carbocycles. The minimum absolute atomic E-state index is 0.0782. The molecular weight excluding hydrogens is 436 g/mol. The van der Waals surface area contributed by atoms with Gasteiger partial charge >= 0.3 is 5.97 Å². The van der Waals surface area contributed by atoms with Crippen LogP contribution in [-0.2, 0) is 20.7 Å². The molecular formula is C25H26N4O5. The third-order valence-electron chi connectivity index (χ3n) is 5.95. The van der Waals surface area contributed by atoms with E-state index in [2.05, 4.69) is 15.5 Å². The number of aromatic amines is 1. The number of aromatic nitrogens is 2. The minimum Gasteiger partial charge on any atom is -0.462 e. The molecule has 0 spiro atoms. The Balaban J connectivity index is 1.34. The first-order valence-corrected chi connectivity index (χ1v) is 11.3. The first-order chi connectivity index (χ1) is 16.5. The zero-order valence-corrected chi connectivity index (χ0v) is 18.9. The summed E-state index contributed by atoms with van der Waals surface area (Å²) in [6, 6.07) is 13.7. The normalized spacial score (nSPS) is 14.1. The molecule has 1 aromatic heterocycles. The summed E-state index contributed by atoms with van der Waals surface area (Å²) in [4.78, 5) is 51.2. The fourth-order valence-electron chi connectivity index (χ4n) is 4.14. The number of nitrogens with zero attached hydrogens (tertiary/aromatic N) is 2. The number of hydrogen-bond donors (Lipinski definition) is 2. The molecule has 9 nitrogen and oxygen atoms in total. The molecule has 2 heterocycles. The largest absolute Gasteiger partial charge is 0.462 e. The molecule has 2 N–H and O–H groups in total. The molecule has 34 heavy (non-hydrogen) atoms. The number of rotatable bonds is 6. The smallest absolute Gasteiger partial charge is 0.338 e. The lowest BCUT2D eigenvalue weighted by Gasteiger charge is -2.31. The van der Waals surface area contributed by atoms with Crippen molar-refractivity contribution in [3.05, 3.63) is 70.1 Å². The lowest BCUT2D eigenvalue weighted by atomic mass is 9.95. The predicted octanol–water partition coefficient (Wildman–Crippen LogP) is 2.52. The summed E-state index contributed by atoms with van der Waals surface area (Å²) in [6.07, 6.45) is 1.15. The predicted molar refractivity (Wildman–Crippen MR) is 126 cm³/mol. The monoisotopic (exact) mass is 462 g/mol. The van der Waals surface area contributed by atoms with Crippen molar-refractivity contribution in [2.45, 2.75) is 26.2 Å². The molecule has 2 amide bonds. The quantitative estimate of drug-likeness (QED) is 0.543. The Hall–Kier alpha value is -4.01. The van der Waals surface area contributed by atoms with Crippen LogP contribution in [0.15, 0.2) is 53.3 Å². The highest BCUT2D eigenvalue weighted by molar-refractivity contribution is 5.95. The van der Waals surface area contributed by atoms with Crippen molar-refractivity contribution in [2.24, 2.45) is 5.92 Å². The van der Waals surface area contributed by atoms with Crippen LogP contribution in [0.5, 0.6) is 0 Å². The number of esters is 1. The molecule has 9 heteroatoms. The Morgan fingerprint density at radius 1 is 1.09 bits per heavy atom. The maximum atomic E-state index is 12.9. The number of hydrogen-bond acceptors (Lipinski definition) is 6. The van der Waals surface area contributed by atoms with E-state index in [0.29, 0.717) is 53.6 Å². The number of likely N-dealkylation sites (tertiary alicyclic amines) is 1. The molecule has 3 aromatic rings. The number of nitrogens with one attached hydrogen (secondary N) is 2. The summed E-state index contributed by atoms with van der Waals surface area (Å²) in [6.45, 7) is 2.93. The van der Waals surface area contributed by atoms with Crippen LogP contribution in [0.2, 0.25) is 0 Å². The number of carbonyl (C=O) groups is 3. The minimum atomic E-state index is -0.435. The fraction of sp³-hybridized carbons (Fsp3) is 0.320. The molecule has 1 fully saturated rings. The summed E-state index contributed by atoms with van der Waals surface area (Å²) in [5.74, 6) is -0.899. The Labute approximate surface area is 196 Å². The van der Waals surface area contributed by atoms with E-state index in [0.717, 1.165) is 0 Å². The Kier molecular flexibility index (Phi) is 7.01. The van der Waals surface area contributed by atoms with Gasteiger partial charge in [0.2, 0.25) is 11.8 Å². The van der Waals surface area contributed by atoms with Crippen molar-refractivity contribution in [3.63, 3.8) is 0 Å². The highest BCUT2D eigenvalue weighted by Gasteiger charge is 2.28. The standard InChI is InChI=1S/C25H26N4O5/c1-2-34-25(33)17-6-5-7-18(14-17)26-23(31)16-10-12-29(13-11-16)22(30)15-21-19-8-3-4-9-20(19)24(32)28-27-21/h3-9,14,16H,2,10-13,15H2,1H3,(H,26,31)(H,28,32). The van der Waals surface area contributed by atoms with Gasteiger partial charge in [-0.05, 0) is 44.0 Å². The van der Waals surface area contributed by atoms with Crippen molar-refractivity contribution >= 4 is 34.2 Å². The van der Waals surface area contributed by atoms with E-state index in [4.69, 9.17) is 4.74 Å². The molecule has 0 atom stereocenters. The highest BCUT2D eigenvalue weighted by Crippen LogP contribution is 2.22. The summed E-state index contributed by atoms with van der Waals surface area (Å²) in [7, 11) is 0. The van der Waals surface area contributed by atoms with Gasteiger partial charge in [0.15, 0.2) is 0 Å². The van der Waals surface area contributed by atoms with Crippen LogP contribution in [0.3, 0.4) is 0 Å². The first-order valence-electron chi connectivity index (χ1n) is 11.3. The van der Waals surface area contributed by atoms with Gasteiger partial charge in [0, 0.05) is 30.1 Å². The topological polar surface area (TPSA) is 121 Å². The molecule has 1 aliphatic rings. The number of carbonyl (C=O) groups excluding carboxylic acids is 3. The van der Waals surface area contributed by atoms with E-state index in [1.165, 1.54) is 0 Å². The van der Waals surface area contributed by atoms with E-state index in [1.54, 1.807) is 54.3 Å². The molecule has 0 unspecified atom stereocenters. The van der Waals surface area contributed by atoms with E-state index in [9.17, 15) is 19.2 Å². The third kappa shape index (κ3) is 5.14. The van der Waals surface area contributed by atoms with Crippen LogP contribution >= 0.6 is 0 Å². The van der Waals surface area contributed by atoms with E-state index < -0.39 is 5.97 Å². The maximum Gasteiger partial charge on any atom is 0.338 e. The van der Waals surface area contributed by atoms with Crippen molar-refractivity contribution in [1.82, 2.24) is 15.1 Å². The SMILES string of the molecule is CCOC(=O)c1cccc(NC(=O)C2CCN(C(=O)Cc3n[nH]c(=O)c4ccccc34)CC2)c1. The molecule has 0 bridgehead atoms. The molecule has 0 saturated carbocycles. The molecule has 1 saturated heterocycles. The van der Waals surface area contributed by atoms with Gasteiger partial charge < -0.3 is 15.0 Å². The van der Waals surface area contributed by atoms with Crippen molar-refractivity contribution in [1.29, 1.82) is 0 Å². The molecule has 1 aliphatic heterocycles. The van der Waals surface area contributed by atoms with Crippen LogP contribution in [0.25, 0.3) is 10.8 Å². The van der Waals surface area contributed by atoms with Crippen LogP contribution in [0.1, 0.15) is 35.8 Å². The van der Waals surface area contributed by atoms with Crippen LogP contribution in [-0.4, -0.2) is 52.6 Å². The number of ether oxygens (including phenoxy) is 1. The van der Waals surface area contributed by atoms with Crippen molar-refractivity contribution < 1.29 is 19.1 Å². The lowest BCUT2D eigenvalue weighted by molar-refractivity contribution is -0.133. The Morgan fingerprint density at radius 2 is 1.82 bits per heavy atom. The van der Waals surface area contributed by atoms with Gasteiger partial charge in [0.1, 0.15) is 0 Å². The zero-order chi connectivity index (χ0) is 24.1. The number of amides is 2. The molecule has 0 aliphatic carbocycles.